The van der Waals surface area contributed by atoms with Crippen molar-refractivity contribution < 1.29 is 18.7 Å². The van der Waals surface area contributed by atoms with Gasteiger partial charge in [0.05, 0.1) is 23.7 Å². The van der Waals surface area contributed by atoms with Crippen molar-refractivity contribution in [3.63, 3.8) is 0 Å². The van der Waals surface area contributed by atoms with Gasteiger partial charge in [0.1, 0.15) is 17.6 Å². The second kappa shape index (κ2) is 8.18. The molecule has 29 heavy (non-hydrogen) atoms. The highest BCUT2D eigenvalue weighted by Crippen LogP contribution is 2.30. The molecule has 2 amide bonds. The molecule has 3 heterocycles. The zero-order valence-corrected chi connectivity index (χ0v) is 16.0. The number of carbonyl (C=O) groups excluding carboxylic acids is 2. The van der Waals surface area contributed by atoms with Crippen LogP contribution in [0.25, 0.3) is 0 Å². The molecule has 0 aliphatic carbocycles. The molecule has 0 bridgehead atoms. The number of para-hydroxylation sites is 2. The summed E-state index contributed by atoms with van der Waals surface area (Å²) in [5.41, 5.74) is 1.03. The SMILES string of the molecule is Cc1occc1C(=O)N1CCC[C@@H]1C(=O)Nc1ccccc1Oc1cccnc1. The van der Waals surface area contributed by atoms with Crippen LogP contribution in [-0.2, 0) is 4.79 Å². The third kappa shape index (κ3) is 3.99. The van der Waals surface area contributed by atoms with Crippen LogP contribution >= 0.6 is 0 Å². The maximum atomic E-state index is 13.0. The molecule has 1 N–H and O–H groups in total. The zero-order chi connectivity index (χ0) is 20.2. The first-order valence-corrected chi connectivity index (χ1v) is 9.46. The molecular formula is C22H21N3O4. The number of amides is 2. The number of nitrogens with one attached hydrogen (secondary N) is 1. The molecule has 2 aromatic heterocycles. The summed E-state index contributed by atoms with van der Waals surface area (Å²) in [7, 11) is 0. The van der Waals surface area contributed by atoms with E-state index < -0.39 is 6.04 Å². The van der Waals surface area contributed by atoms with Crippen LogP contribution in [0.2, 0.25) is 0 Å². The largest absolute Gasteiger partial charge is 0.469 e. The number of aromatic nitrogens is 1. The lowest BCUT2D eigenvalue weighted by Crippen LogP contribution is -2.43. The first-order chi connectivity index (χ1) is 14.1. The van der Waals surface area contributed by atoms with Gasteiger partial charge in [0.25, 0.3) is 5.91 Å². The molecule has 7 nitrogen and oxygen atoms in total. The molecule has 1 aliphatic heterocycles. The molecule has 4 rings (SSSR count). The zero-order valence-electron chi connectivity index (χ0n) is 16.0. The first kappa shape index (κ1) is 18.7. The van der Waals surface area contributed by atoms with Gasteiger partial charge in [-0.1, -0.05) is 12.1 Å². The summed E-state index contributed by atoms with van der Waals surface area (Å²) < 4.78 is 11.1. The van der Waals surface area contributed by atoms with Gasteiger partial charge < -0.3 is 19.4 Å². The Kier molecular flexibility index (Phi) is 5.29. The summed E-state index contributed by atoms with van der Waals surface area (Å²) in [4.78, 5) is 31.5. The van der Waals surface area contributed by atoms with E-state index in [4.69, 9.17) is 9.15 Å². The lowest BCUT2D eigenvalue weighted by molar-refractivity contribution is -0.119. The summed E-state index contributed by atoms with van der Waals surface area (Å²) in [5, 5.41) is 2.92. The number of carbonyl (C=O) groups is 2. The monoisotopic (exact) mass is 391 g/mol. The van der Waals surface area contributed by atoms with Crippen molar-refractivity contribution in [3.8, 4) is 11.5 Å². The van der Waals surface area contributed by atoms with Crippen molar-refractivity contribution in [2.45, 2.75) is 25.8 Å². The maximum absolute atomic E-state index is 13.0. The highest BCUT2D eigenvalue weighted by atomic mass is 16.5. The smallest absolute Gasteiger partial charge is 0.258 e. The van der Waals surface area contributed by atoms with Gasteiger partial charge in [-0.15, -0.1) is 0 Å². The molecule has 0 spiro atoms. The van der Waals surface area contributed by atoms with Crippen molar-refractivity contribution in [1.82, 2.24) is 9.88 Å². The Bertz CT molecular complexity index is 1020. The molecular weight excluding hydrogens is 370 g/mol. The molecule has 0 saturated carbocycles. The lowest BCUT2D eigenvalue weighted by Gasteiger charge is -2.24. The van der Waals surface area contributed by atoms with E-state index in [2.05, 4.69) is 10.3 Å². The Morgan fingerprint density at radius 2 is 2.07 bits per heavy atom. The molecule has 7 heteroatoms. The van der Waals surface area contributed by atoms with Gasteiger partial charge in [0.2, 0.25) is 5.91 Å². The van der Waals surface area contributed by atoms with E-state index in [9.17, 15) is 9.59 Å². The van der Waals surface area contributed by atoms with E-state index in [0.29, 0.717) is 41.5 Å². The van der Waals surface area contributed by atoms with E-state index in [-0.39, 0.29) is 11.8 Å². The number of anilines is 1. The fraction of sp³-hybridized carbons (Fsp3) is 0.227. The highest BCUT2D eigenvalue weighted by Gasteiger charge is 2.35. The Morgan fingerprint density at radius 3 is 2.83 bits per heavy atom. The van der Waals surface area contributed by atoms with Crippen molar-refractivity contribution in [2.24, 2.45) is 0 Å². The van der Waals surface area contributed by atoms with Gasteiger partial charge in [0, 0.05) is 12.7 Å². The number of aryl methyl sites for hydroxylation is 1. The average molecular weight is 391 g/mol. The second-order valence-corrected chi connectivity index (χ2v) is 6.82. The Morgan fingerprint density at radius 1 is 1.21 bits per heavy atom. The van der Waals surface area contributed by atoms with Crippen LogP contribution in [0.1, 0.15) is 29.0 Å². The average Bonchev–Trinajstić information content (AvgIpc) is 3.39. The number of likely N-dealkylation sites (tertiary alicyclic amines) is 1. The molecule has 3 aromatic rings. The van der Waals surface area contributed by atoms with Crippen LogP contribution in [0.4, 0.5) is 5.69 Å². The summed E-state index contributed by atoms with van der Waals surface area (Å²) >= 11 is 0. The summed E-state index contributed by atoms with van der Waals surface area (Å²) in [5.74, 6) is 1.21. The van der Waals surface area contributed by atoms with Crippen LogP contribution in [0.5, 0.6) is 11.5 Å². The molecule has 0 radical (unpaired) electrons. The van der Waals surface area contributed by atoms with Crippen molar-refractivity contribution in [3.05, 3.63) is 72.4 Å². The van der Waals surface area contributed by atoms with Gasteiger partial charge >= 0.3 is 0 Å². The molecule has 1 fully saturated rings. The second-order valence-electron chi connectivity index (χ2n) is 6.82. The number of hydrogen-bond acceptors (Lipinski definition) is 5. The van der Waals surface area contributed by atoms with Crippen LogP contribution in [0.3, 0.4) is 0 Å². The fourth-order valence-electron chi connectivity index (χ4n) is 3.45. The molecule has 0 unspecified atom stereocenters. The van der Waals surface area contributed by atoms with E-state index in [1.54, 1.807) is 54.5 Å². The third-order valence-electron chi connectivity index (χ3n) is 4.91. The molecule has 148 valence electrons. The maximum Gasteiger partial charge on any atom is 0.258 e. The minimum Gasteiger partial charge on any atom is -0.469 e. The fourth-order valence-corrected chi connectivity index (χ4v) is 3.45. The van der Waals surface area contributed by atoms with Gasteiger partial charge in [-0.05, 0) is 50.1 Å². The topological polar surface area (TPSA) is 84.7 Å². The van der Waals surface area contributed by atoms with Crippen molar-refractivity contribution in [2.75, 3.05) is 11.9 Å². The lowest BCUT2D eigenvalue weighted by atomic mass is 10.1. The van der Waals surface area contributed by atoms with Crippen LogP contribution < -0.4 is 10.1 Å². The number of rotatable bonds is 5. The summed E-state index contributed by atoms with van der Waals surface area (Å²) in [6.07, 6.45) is 6.13. The van der Waals surface area contributed by atoms with Gasteiger partial charge in [-0.3, -0.25) is 14.6 Å². The number of hydrogen-bond donors (Lipinski definition) is 1. The summed E-state index contributed by atoms with van der Waals surface area (Å²) in [6.45, 7) is 2.28. The number of pyridine rings is 1. The van der Waals surface area contributed by atoms with E-state index in [0.717, 1.165) is 6.42 Å². The minimum atomic E-state index is -0.539. The quantitative estimate of drug-likeness (QED) is 0.710. The van der Waals surface area contributed by atoms with Crippen LogP contribution in [-0.4, -0.2) is 34.3 Å². The Hall–Kier alpha value is -3.61. The Balaban J connectivity index is 1.51. The number of ether oxygens (including phenoxy) is 1. The normalized spacial score (nSPS) is 15.9. The molecule has 1 saturated heterocycles. The van der Waals surface area contributed by atoms with Crippen LogP contribution in [0.15, 0.2) is 65.5 Å². The van der Waals surface area contributed by atoms with Crippen molar-refractivity contribution >= 4 is 17.5 Å². The Labute approximate surface area is 168 Å². The van der Waals surface area contributed by atoms with E-state index >= 15 is 0 Å². The predicted octanol–water partition coefficient (Wildman–Crippen LogP) is 4.02. The highest BCUT2D eigenvalue weighted by molar-refractivity contribution is 6.02. The standard InChI is InChI=1S/C22H21N3O4/c1-15-17(10-13-28-15)22(27)25-12-5-8-19(25)21(26)24-18-7-2-3-9-20(18)29-16-6-4-11-23-14-16/h2-4,6-7,9-11,13-14,19H,5,8,12H2,1H3,(H,24,26)/t19-/m1/s1. The van der Waals surface area contributed by atoms with Crippen molar-refractivity contribution in [1.29, 1.82) is 0 Å². The van der Waals surface area contributed by atoms with Gasteiger partial charge in [-0.25, -0.2) is 0 Å². The van der Waals surface area contributed by atoms with Gasteiger partial charge in [-0.2, -0.15) is 0 Å². The predicted molar refractivity (Wildman–Crippen MR) is 107 cm³/mol. The summed E-state index contributed by atoms with van der Waals surface area (Å²) in [6, 6.07) is 11.9. The van der Waals surface area contributed by atoms with Crippen LogP contribution in [0, 0.1) is 6.92 Å². The van der Waals surface area contributed by atoms with E-state index in [1.807, 2.05) is 12.1 Å². The first-order valence-electron chi connectivity index (χ1n) is 9.46. The molecule has 1 atom stereocenters. The van der Waals surface area contributed by atoms with Gasteiger partial charge in [0.15, 0.2) is 5.75 Å². The van der Waals surface area contributed by atoms with E-state index in [1.165, 1.54) is 6.26 Å². The molecule has 1 aliphatic rings. The third-order valence-corrected chi connectivity index (χ3v) is 4.91. The minimum absolute atomic E-state index is 0.186. The molecule has 1 aromatic carbocycles. The number of nitrogens with zero attached hydrogens (tertiary/aromatic N) is 2. The number of benzene rings is 1. The number of furan rings is 1.